The van der Waals surface area contributed by atoms with Crippen LogP contribution in [0, 0.1) is 16.7 Å². The van der Waals surface area contributed by atoms with E-state index < -0.39 is 5.41 Å². The second kappa shape index (κ2) is 6.04. The fourth-order valence-electron chi connectivity index (χ4n) is 3.01. The molecule has 0 spiro atoms. The molecule has 0 aliphatic heterocycles. The first-order valence-electron chi connectivity index (χ1n) is 7.14. The molecule has 2 aliphatic carbocycles. The number of nitrogens with one attached hydrogen (secondary N) is 1. The molecule has 1 N–H and O–H groups in total. The van der Waals surface area contributed by atoms with Gasteiger partial charge in [-0.25, -0.2) is 0 Å². The van der Waals surface area contributed by atoms with Crippen LogP contribution in [0.25, 0.3) is 0 Å². The van der Waals surface area contributed by atoms with Gasteiger partial charge in [0, 0.05) is 6.54 Å². The number of allylic oxidation sites excluding steroid dienone is 1. The molecule has 98 valence electrons. The molecule has 1 fully saturated rings. The number of hydrogen-bond donors (Lipinski definition) is 1. The first-order chi connectivity index (χ1) is 8.77. The Balaban J connectivity index is 1.78. The largest absolute Gasteiger partial charge is 0.354 e. The van der Waals surface area contributed by atoms with E-state index in [0.29, 0.717) is 6.54 Å². The van der Waals surface area contributed by atoms with Crippen molar-refractivity contribution < 1.29 is 4.79 Å². The lowest BCUT2D eigenvalue weighted by atomic mass is 9.87. The Kier molecular flexibility index (Phi) is 4.41. The predicted molar refractivity (Wildman–Crippen MR) is 70.7 cm³/mol. The summed E-state index contributed by atoms with van der Waals surface area (Å²) >= 11 is 0. The average Bonchev–Trinajstić information content (AvgIpc) is 2.90. The van der Waals surface area contributed by atoms with Gasteiger partial charge in [-0.3, -0.25) is 4.79 Å². The fraction of sp³-hybridized carbons (Fsp3) is 0.733. The van der Waals surface area contributed by atoms with E-state index in [2.05, 4.69) is 17.5 Å². The summed E-state index contributed by atoms with van der Waals surface area (Å²) in [7, 11) is 0. The van der Waals surface area contributed by atoms with Crippen molar-refractivity contribution in [3.63, 3.8) is 0 Å². The van der Waals surface area contributed by atoms with Crippen LogP contribution in [-0.4, -0.2) is 12.5 Å². The average molecular weight is 246 g/mol. The van der Waals surface area contributed by atoms with Gasteiger partial charge in [0.25, 0.3) is 0 Å². The van der Waals surface area contributed by atoms with Gasteiger partial charge in [-0.1, -0.05) is 24.5 Å². The van der Waals surface area contributed by atoms with E-state index in [4.69, 9.17) is 0 Å². The van der Waals surface area contributed by atoms with Gasteiger partial charge in [0.1, 0.15) is 5.41 Å². The maximum Gasteiger partial charge on any atom is 0.240 e. The van der Waals surface area contributed by atoms with Gasteiger partial charge in [0.15, 0.2) is 0 Å². The van der Waals surface area contributed by atoms with Gasteiger partial charge in [-0.15, -0.1) is 0 Å². The van der Waals surface area contributed by atoms with Gasteiger partial charge in [-0.2, -0.15) is 5.26 Å². The minimum absolute atomic E-state index is 0.0427. The van der Waals surface area contributed by atoms with Crippen LogP contribution >= 0.6 is 0 Å². The molecule has 2 aliphatic rings. The molecule has 0 aromatic carbocycles. The van der Waals surface area contributed by atoms with Gasteiger partial charge in [-0.05, 0) is 44.9 Å². The molecule has 0 aromatic rings. The van der Waals surface area contributed by atoms with Gasteiger partial charge in [0.05, 0.1) is 6.07 Å². The second-order valence-corrected chi connectivity index (χ2v) is 5.52. The van der Waals surface area contributed by atoms with Crippen LogP contribution in [0.2, 0.25) is 0 Å². The summed E-state index contributed by atoms with van der Waals surface area (Å²) in [5.74, 6) is -0.0427. The molecule has 0 aromatic heterocycles. The Labute approximate surface area is 109 Å². The molecular weight excluding hydrogens is 224 g/mol. The summed E-state index contributed by atoms with van der Waals surface area (Å²) in [5.41, 5.74) is 0.750. The second-order valence-electron chi connectivity index (χ2n) is 5.52. The SMILES string of the molecule is N#CC1(C(=O)NCCC2=CCCCC2)CCCC1. The molecule has 2 rings (SSSR count). The molecule has 0 atom stereocenters. The van der Waals surface area contributed by atoms with Gasteiger partial charge < -0.3 is 5.32 Å². The third-order valence-electron chi connectivity index (χ3n) is 4.22. The van der Waals surface area contributed by atoms with Crippen LogP contribution < -0.4 is 5.32 Å². The van der Waals surface area contributed by atoms with Crippen LogP contribution in [0.5, 0.6) is 0 Å². The summed E-state index contributed by atoms with van der Waals surface area (Å²) in [4.78, 5) is 12.1. The summed E-state index contributed by atoms with van der Waals surface area (Å²) in [6, 6.07) is 2.24. The summed E-state index contributed by atoms with van der Waals surface area (Å²) < 4.78 is 0. The number of nitrogens with zero attached hydrogens (tertiary/aromatic N) is 1. The van der Waals surface area contributed by atoms with E-state index in [1.54, 1.807) is 0 Å². The lowest BCUT2D eigenvalue weighted by Gasteiger charge is -2.20. The number of rotatable bonds is 4. The molecular formula is C15H22N2O. The zero-order chi connectivity index (χ0) is 12.8. The minimum atomic E-state index is -0.721. The standard InChI is InChI=1S/C15H22N2O/c16-12-15(9-4-5-10-15)14(18)17-11-8-13-6-2-1-3-7-13/h6H,1-5,7-11H2,(H,17,18). The van der Waals surface area contributed by atoms with Crippen molar-refractivity contribution in [1.82, 2.24) is 5.32 Å². The highest BCUT2D eigenvalue weighted by atomic mass is 16.2. The van der Waals surface area contributed by atoms with Crippen molar-refractivity contribution in [2.24, 2.45) is 5.41 Å². The highest BCUT2D eigenvalue weighted by Crippen LogP contribution is 2.37. The first-order valence-corrected chi connectivity index (χ1v) is 7.14. The Morgan fingerprint density at radius 3 is 2.72 bits per heavy atom. The molecule has 0 bridgehead atoms. The number of hydrogen-bond acceptors (Lipinski definition) is 2. The Bertz CT molecular complexity index is 372. The molecule has 1 saturated carbocycles. The van der Waals surface area contributed by atoms with Crippen molar-refractivity contribution in [2.75, 3.05) is 6.54 Å². The molecule has 3 heteroatoms. The monoisotopic (exact) mass is 246 g/mol. The number of carbonyl (C=O) groups is 1. The van der Waals surface area contributed by atoms with Crippen LogP contribution in [0.4, 0.5) is 0 Å². The number of carbonyl (C=O) groups excluding carboxylic acids is 1. The van der Waals surface area contributed by atoms with E-state index in [1.165, 1.54) is 31.3 Å². The van der Waals surface area contributed by atoms with Crippen LogP contribution in [0.15, 0.2) is 11.6 Å². The fourth-order valence-corrected chi connectivity index (χ4v) is 3.01. The molecule has 0 radical (unpaired) electrons. The Morgan fingerprint density at radius 2 is 2.11 bits per heavy atom. The highest BCUT2D eigenvalue weighted by Gasteiger charge is 2.41. The molecule has 1 amide bonds. The lowest BCUT2D eigenvalue weighted by molar-refractivity contribution is -0.127. The van der Waals surface area contributed by atoms with Crippen molar-refractivity contribution in [3.05, 3.63) is 11.6 Å². The van der Waals surface area contributed by atoms with Crippen molar-refractivity contribution in [1.29, 1.82) is 5.26 Å². The lowest BCUT2D eigenvalue weighted by Crippen LogP contribution is -2.38. The van der Waals surface area contributed by atoms with E-state index in [-0.39, 0.29) is 5.91 Å². The smallest absolute Gasteiger partial charge is 0.240 e. The van der Waals surface area contributed by atoms with Crippen molar-refractivity contribution in [3.8, 4) is 6.07 Å². The number of amides is 1. The summed E-state index contributed by atoms with van der Waals surface area (Å²) in [6.07, 6.45) is 11.7. The molecule has 0 unspecified atom stereocenters. The van der Waals surface area contributed by atoms with Crippen molar-refractivity contribution in [2.45, 2.75) is 57.8 Å². The van der Waals surface area contributed by atoms with E-state index in [9.17, 15) is 10.1 Å². The predicted octanol–water partition coefficient (Wildman–Crippen LogP) is 3.08. The Morgan fingerprint density at radius 1 is 1.33 bits per heavy atom. The maximum atomic E-state index is 12.1. The normalized spacial score (nSPS) is 22.1. The van der Waals surface area contributed by atoms with Crippen molar-refractivity contribution >= 4 is 5.91 Å². The molecule has 3 nitrogen and oxygen atoms in total. The van der Waals surface area contributed by atoms with Crippen LogP contribution in [0.1, 0.15) is 57.8 Å². The zero-order valence-corrected chi connectivity index (χ0v) is 11.0. The van der Waals surface area contributed by atoms with Gasteiger partial charge >= 0.3 is 0 Å². The first kappa shape index (κ1) is 13.1. The molecule has 0 saturated heterocycles. The Hall–Kier alpha value is -1.30. The number of nitriles is 1. The van der Waals surface area contributed by atoms with Crippen LogP contribution in [-0.2, 0) is 4.79 Å². The van der Waals surface area contributed by atoms with Gasteiger partial charge in [0.2, 0.25) is 5.91 Å². The third-order valence-corrected chi connectivity index (χ3v) is 4.22. The maximum absolute atomic E-state index is 12.1. The summed E-state index contributed by atoms with van der Waals surface area (Å²) in [6.45, 7) is 0.689. The summed E-state index contributed by atoms with van der Waals surface area (Å²) in [5, 5.41) is 12.2. The zero-order valence-electron chi connectivity index (χ0n) is 11.0. The van der Waals surface area contributed by atoms with Crippen LogP contribution in [0.3, 0.4) is 0 Å². The minimum Gasteiger partial charge on any atom is -0.354 e. The van der Waals surface area contributed by atoms with E-state index in [1.807, 2.05) is 0 Å². The van der Waals surface area contributed by atoms with E-state index in [0.717, 1.165) is 32.1 Å². The quantitative estimate of drug-likeness (QED) is 0.775. The molecule has 0 heterocycles. The van der Waals surface area contributed by atoms with E-state index >= 15 is 0 Å². The molecule has 18 heavy (non-hydrogen) atoms. The topological polar surface area (TPSA) is 52.9 Å². The third kappa shape index (κ3) is 2.93. The highest BCUT2D eigenvalue weighted by molar-refractivity contribution is 5.85.